The van der Waals surface area contributed by atoms with E-state index in [-0.39, 0.29) is 17.9 Å². The summed E-state index contributed by atoms with van der Waals surface area (Å²) < 4.78 is 4.96. The number of nitrogens with zero attached hydrogens (tertiary/aromatic N) is 1. The molecule has 0 aliphatic carbocycles. The predicted octanol–water partition coefficient (Wildman–Crippen LogP) is 0.351. The number of H-pyrrole nitrogens is 1. The summed E-state index contributed by atoms with van der Waals surface area (Å²) in [5, 5.41) is 12.3. The SMILES string of the molecule is CCC(C)(CO)Nc1nc[nH]c(=O)c1OC. The number of hydrogen-bond acceptors (Lipinski definition) is 5. The van der Waals surface area contributed by atoms with Crippen molar-refractivity contribution in [1.82, 2.24) is 9.97 Å². The van der Waals surface area contributed by atoms with Gasteiger partial charge in [-0.15, -0.1) is 0 Å². The van der Waals surface area contributed by atoms with Gasteiger partial charge in [0.1, 0.15) is 0 Å². The Hall–Kier alpha value is -1.56. The van der Waals surface area contributed by atoms with Crippen molar-refractivity contribution in [2.45, 2.75) is 25.8 Å². The van der Waals surface area contributed by atoms with Crippen molar-refractivity contribution in [1.29, 1.82) is 0 Å². The van der Waals surface area contributed by atoms with Crippen molar-refractivity contribution in [3.05, 3.63) is 16.7 Å². The Morgan fingerprint density at radius 3 is 2.88 bits per heavy atom. The lowest BCUT2D eigenvalue weighted by molar-refractivity contribution is 0.218. The minimum absolute atomic E-state index is 0.0544. The number of aliphatic hydroxyl groups is 1. The number of aromatic nitrogens is 2. The van der Waals surface area contributed by atoms with Crippen molar-refractivity contribution in [2.24, 2.45) is 0 Å². The molecule has 0 saturated heterocycles. The molecule has 1 aromatic heterocycles. The van der Waals surface area contributed by atoms with Crippen molar-refractivity contribution in [3.63, 3.8) is 0 Å². The van der Waals surface area contributed by atoms with Crippen LogP contribution in [0.3, 0.4) is 0 Å². The van der Waals surface area contributed by atoms with Crippen LogP contribution < -0.4 is 15.6 Å². The zero-order valence-electron chi connectivity index (χ0n) is 9.70. The number of ether oxygens (including phenoxy) is 1. The van der Waals surface area contributed by atoms with Crippen LogP contribution in [0, 0.1) is 0 Å². The Labute approximate surface area is 93.7 Å². The number of nitrogens with one attached hydrogen (secondary N) is 2. The molecule has 1 heterocycles. The minimum Gasteiger partial charge on any atom is -0.489 e. The first-order chi connectivity index (χ1) is 7.56. The van der Waals surface area contributed by atoms with E-state index in [0.717, 1.165) is 0 Å². The van der Waals surface area contributed by atoms with E-state index in [2.05, 4.69) is 15.3 Å². The third-order valence-electron chi connectivity index (χ3n) is 2.56. The van der Waals surface area contributed by atoms with E-state index in [9.17, 15) is 9.90 Å². The van der Waals surface area contributed by atoms with Crippen molar-refractivity contribution in [2.75, 3.05) is 19.0 Å². The number of aromatic amines is 1. The molecule has 0 amide bonds. The van der Waals surface area contributed by atoms with Gasteiger partial charge in [0.05, 0.1) is 25.6 Å². The van der Waals surface area contributed by atoms with Crippen LogP contribution in [0.2, 0.25) is 0 Å². The molecule has 0 aromatic carbocycles. The molecule has 1 aromatic rings. The van der Waals surface area contributed by atoms with Crippen LogP contribution in [0.4, 0.5) is 5.82 Å². The summed E-state index contributed by atoms with van der Waals surface area (Å²) in [6, 6.07) is 0. The van der Waals surface area contributed by atoms with E-state index >= 15 is 0 Å². The maximum absolute atomic E-state index is 11.4. The van der Waals surface area contributed by atoms with Gasteiger partial charge in [-0.25, -0.2) is 4.98 Å². The number of methoxy groups -OCH3 is 1. The third kappa shape index (κ3) is 2.52. The summed E-state index contributed by atoms with van der Waals surface area (Å²) in [7, 11) is 1.40. The summed E-state index contributed by atoms with van der Waals surface area (Å²) >= 11 is 0. The summed E-state index contributed by atoms with van der Waals surface area (Å²) in [4.78, 5) is 17.8. The highest BCUT2D eigenvalue weighted by Gasteiger charge is 2.23. The Kier molecular flexibility index (Phi) is 3.89. The molecule has 1 atom stereocenters. The highest BCUT2D eigenvalue weighted by molar-refractivity contribution is 5.49. The second-order valence-corrected chi connectivity index (χ2v) is 3.81. The van der Waals surface area contributed by atoms with E-state index in [1.54, 1.807) is 0 Å². The van der Waals surface area contributed by atoms with Crippen LogP contribution in [-0.2, 0) is 0 Å². The van der Waals surface area contributed by atoms with Crippen LogP contribution in [-0.4, -0.2) is 34.3 Å². The lowest BCUT2D eigenvalue weighted by atomic mass is 10.0. The quantitative estimate of drug-likeness (QED) is 0.675. The number of rotatable bonds is 5. The molecular weight excluding hydrogens is 210 g/mol. The molecule has 3 N–H and O–H groups in total. The largest absolute Gasteiger partial charge is 0.489 e. The fourth-order valence-corrected chi connectivity index (χ4v) is 1.19. The first-order valence-corrected chi connectivity index (χ1v) is 5.07. The Balaban J connectivity index is 3.05. The van der Waals surface area contributed by atoms with Gasteiger partial charge < -0.3 is 20.1 Å². The molecule has 0 fully saturated rings. The van der Waals surface area contributed by atoms with E-state index < -0.39 is 5.54 Å². The Bertz CT molecular complexity index is 399. The third-order valence-corrected chi connectivity index (χ3v) is 2.56. The summed E-state index contributed by atoms with van der Waals surface area (Å²) in [5.74, 6) is 0.459. The van der Waals surface area contributed by atoms with E-state index in [4.69, 9.17) is 4.74 Å². The highest BCUT2D eigenvalue weighted by atomic mass is 16.5. The summed E-state index contributed by atoms with van der Waals surface area (Å²) in [5.41, 5.74) is -0.870. The van der Waals surface area contributed by atoms with Gasteiger partial charge in [0.15, 0.2) is 5.82 Å². The Morgan fingerprint density at radius 2 is 2.38 bits per heavy atom. The van der Waals surface area contributed by atoms with Crippen LogP contribution in [0.15, 0.2) is 11.1 Å². The zero-order valence-corrected chi connectivity index (χ0v) is 9.70. The van der Waals surface area contributed by atoms with Gasteiger partial charge in [0, 0.05) is 0 Å². The first-order valence-electron chi connectivity index (χ1n) is 5.07. The zero-order chi connectivity index (χ0) is 12.2. The normalized spacial score (nSPS) is 14.2. The fraction of sp³-hybridized carbons (Fsp3) is 0.600. The van der Waals surface area contributed by atoms with Gasteiger partial charge in [0.2, 0.25) is 5.75 Å². The van der Waals surface area contributed by atoms with Gasteiger partial charge in [0.25, 0.3) is 5.56 Å². The maximum atomic E-state index is 11.4. The molecule has 6 heteroatoms. The first kappa shape index (κ1) is 12.5. The predicted molar refractivity (Wildman–Crippen MR) is 60.8 cm³/mol. The summed E-state index contributed by atoms with van der Waals surface area (Å²) in [6.07, 6.45) is 1.99. The molecule has 0 saturated carbocycles. The second-order valence-electron chi connectivity index (χ2n) is 3.81. The van der Waals surface area contributed by atoms with Crippen molar-refractivity contribution < 1.29 is 9.84 Å². The molecule has 16 heavy (non-hydrogen) atoms. The molecule has 0 aliphatic heterocycles. The van der Waals surface area contributed by atoms with Crippen molar-refractivity contribution >= 4 is 5.82 Å². The van der Waals surface area contributed by atoms with Crippen LogP contribution in [0.5, 0.6) is 5.75 Å². The monoisotopic (exact) mass is 227 g/mol. The van der Waals surface area contributed by atoms with Gasteiger partial charge >= 0.3 is 0 Å². The van der Waals surface area contributed by atoms with Crippen LogP contribution in [0.1, 0.15) is 20.3 Å². The lowest BCUT2D eigenvalue weighted by Gasteiger charge is -2.28. The van der Waals surface area contributed by atoms with Gasteiger partial charge in [-0.1, -0.05) is 6.92 Å². The van der Waals surface area contributed by atoms with Gasteiger partial charge in [-0.05, 0) is 13.3 Å². The topological polar surface area (TPSA) is 87.2 Å². The van der Waals surface area contributed by atoms with E-state index in [1.165, 1.54) is 13.4 Å². The average Bonchev–Trinajstić information content (AvgIpc) is 2.29. The van der Waals surface area contributed by atoms with Crippen molar-refractivity contribution in [3.8, 4) is 5.75 Å². The Morgan fingerprint density at radius 1 is 1.69 bits per heavy atom. The molecule has 1 unspecified atom stereocenters. The second kappa shape index (κ2) is 4.98. The number of anilines is 1. The highest BCUT2D eigenvalue weighted by Crippen LogP contribution is 2.21. The maximum Gasteiger partial charge on any atom is 0.295 e. The molecule has 0 radical (unpaired) electrons. The number of aliphatic hydroxyl groups excluding tert-OH is 1. The standard InChI is InChI=1S/C10H17N3O3/c1-4-10(2,5-14)13-8-7(16-3)9(15)12-6-11-8/h6,14H,4-5H2,1-3H3,(H2,11,12,13,15). The molecule has 1 rings (SSSR count). The molecular formula is C10H17N3O3. The van der Waals surface area contributed by atoms with Gasteiger partial charge in [-0.2, -0.15) is 0 Å². The smallest absolute Gasteiger partial charge is 0.295 e. The van der Waals surface area contributed by atoms with E-state index in [0.29, 0.717) is 12.2 Å². The molecule has 0 aliphatic rings. The van der Waals surface area contributed by atoms with E-state index in [1.807, 2.05) is 13.8 Å². The fourth-order valence-electron chi connectivity index (χ4n) is 1.19. The molecule has 0 spiro atoms. The lowest BCUT2D eigenvalue weighted by Crippen LogP contribution is -2.38. The average molecular weight is 227 g/mol. The molecule has 90 valence electrons. The minimum atomic E-state index is -0.520. The van der Waals surface area contributed by atoms with Gasteiger partial charge in [-0.3, -0.25) is 4.79 Å². The molecule has 0 bridgehead atoms. The number of hydrogen-bond donors (Lipinski definition) is 3. The van der Waals surface area contributed by atoms with Crippen LogP contribution >= 0.6 is 0 Å². The molecule has 6 nitrogen and oxygen atoms in total. The summed E-state index contributed by atoms with van der Waals surface area (Å²) in [6.45, 7) is 3.72. The van der Waals surface area contributed by atoms with Crippen LogP contribution in [0.25, 0.3) is 0 Å².